The molecule has 1 heterocycles. The van der Waals surface area contributed by atoms with Crippen LogP contribution >= 0.6 is 0 Å². The van der Waals surface area contributed by atoms with Gasteiger partial charge in [0.1, 0.15) is 5.75 Å². The molecule has 1 aliphatic carbocycles. The minimum absolute atomic E-state index is 0.310. The second-order valence-electron chi connectivity index (χ2n) is 5.70. The Morgan fingerprint density at radius 1 is 1.06 bits per heavy atom. The number of para-hydroxylation sites is 1. The van der Waals surface area contributed by atoms with E-state index in [0.29, 0.717) is 12.0 Å². The van der Waals surface area contributed by atoms with E-state index in [9.17, 15) is 0 Å². The molecule has 1 aromatic rings. The van der Waals surface area contributed by atoms with Crippen molar-refractivity contribution >= 4 is 0 Å². The molecule has 0 amide bonds. The predicted octanol–water partition coefficient (Wildman–Crippen LogP) is 3.39. The zero-order chi connectivity index (χ0) is 12.4. The SMILES string of the molecule is NC1CCCCCC1c1cccc2c1OCCC2. The van der Waals surface area contributed by atoms with Crippen LogP contribution in [0.1, 0.15) is 55.6 Å². The molecule has 2 N–H and O–H groups in total. The van der Waals surface area contributed by atoms with Crippen molar-refractivity contribution in [3.05, 3.63) is 29.3 Å². The topological polar surface area (TPSA) is 35.2 Å². The highest BCUT2D eigenvalue weighted by atomic mass is 16.5. The van der Waals surface area contributed by atoms with E-state index in [1.165, 1.54) is 36.8 Å². The summed E-state index contributed by atoms with van der Waals surface area (Å²) < 4.78 is 5.94. The number of aryl methyl sites for hydroxylation is 1. The van der Waals surface area contributed by atoms with E-state index >= 15 is 0 Å². The van der Waals surface area contributed by atoms with E-state index in [-0.39, 0.29) is 0 Å². The Hall–Kier alpha value is -1.02. The molecule has 1 fully saturated rings. The number of fused-ring (bicyclic) bond motifs is 1. The lowest BCUT2D eigenvalue weighted by molar-refractivity contribution is 0.281. The molecule has 2 atom stereocenters. The summed E-state index contributed by atoms with van der Waals surface area (Å²) in [6, 6.07) is 6.94. The molecule has 0 aromatic heterocycles. The zero-order valence-corrected chi connectivity index (χ0v) is 11.0. The maximum atomic E-state index is 6.39. The van der Waals surface area contributed by atoms with Crippen LogP contribution in [0.5, 0.6) is 5.75 Å². The van der Waals surface area contributed by atoms with Crippen LogP contribution in [0, 0.1) is 0 Å². The molecule has 1 aliphatic heterocycles. The number of nitrogens with two attached hydrogens (primary N) is 1. The van der Waals surface area contributed by atoms with E-state index in [1.807, 2.05) is 0 Å². The van der Waals surface area contributed by atoms with Crippen LogP contribution in [-0.2, 0) is 6.42 Å². The molecule has 3 rings (SSSR count). The van der Waals surface area contributed by atoms with E-state index in [2.05, 4.69) is 18.2 Å². The van der Waals surface area contributed by atoms with Gasteiger partial charge in [0.2, 0.25) is 0 Å². The molecule has 1 saturated carbocycles. The van der Waals surface area contributed by atoms with Gasteiger partial charge in [0, 0.05) is 12.0 Å². The fourth-order valence-electron chi connectivity index (χ4n) is 3.43. The molecular weight excluding hydrogens is 222 g/mol. The van der Waals surface area contributed by atoms with Crippen molar-refractivity contribution in [2.24, 2.45) is 5.73 Å². The molecule has 18 heavy (non-hydrogen) atoms. The van der Waals surface area contributed by atoms with Gasteiger partial charge in [-0.3, -0.25) is 0 Å². The van der Waals surface area contributed by atoms with Crippen molar-refractivity contribution in [2.75, 3.05) is 6.61 Å². The lowest BCUT2D eigenvalue weighted by atomic mass is 9.85. The summed E-state index contributed by atoms with van der Waals surface area (Å²) in [6.45, 7) is 0.867. The first-order valence-corrected chi connectivity index (χ1v) is 7.36. The van der Waals surface area contributed by atoms with Crippen molar-refractivity contribution in [1.82, 2.24) is 0 Å². The van der Waals surface area contributed by atoms with Gasteiger partial charge < -0.3 is 10.5 Å². The smallest absolute Gasteiger partial charge is 0.126 e. The van der Waals surface area contributed by atoms with Crippen molar-refractivity contribution in [1.29, 1.82) is 0 Å². The third-order valence-corrected chi connectivity index (χ3v) is 4.43. The number of benzene rings is 1. The van der Waals surface area contributed by atoms with Crippen LogP contribution in [0.2, 0.25) is 0 Å². The molecule has 2 nitrogen and oxygen atoms in total. The van der Waals surface area contributed by atoms with Gasteiger partial charge in [-0.05, 0) is 36.8 Å². The number of hydrogen-bond donors (Lipinski definition) is 1. The van der Waals surface area contributed by atoms with Crippen LogP contribution in [0.4, 0.5) is 0 Å². The van der Waals surface area contributed by atoms with Crippen molar-refractivity contribution in [3.8, 4) is 5.75 Å². The Morgan fingerprint density at radius 3 is 2.89 bits per heavy atom. The lowest BCUT2D eigenvalue weighted by Gasteiger charge is -2.27. The standard InChI is InChI=1S/C16H23NO/c17-15-10-3-1-2-8-13(15)14-9-4-6-12-7-5-11-18-16(12)14/h4,6,9,13,15H,1-3,5,7-8,10-11,17H2. The Kier molecular flexibility index (Phi) is 3.55. The van der Waals surface area contributed by atoms with Crippen molar-refractivity contribution in [3.63, 3.8) is 0 Å². The largest absolute Gasteiger partial charge is 0.493 e. The van der Waals surface area contributed by atoms with Crippen LogP contribution in [0.15, 0.2) is 18.2 Å². The zero-order valence-electron chi connectivity index (χ0n) is 11.0. The Bertz CT molecular complexity index is 416. The second kappa shape index (κ2) is 5.31. The van der Waals surface area contributed by atoms with Gasteiger partial charge in [-0.2, -0.15) is 0 Å². The highest BCUT2D eigenvalue weighted by molar-refractivity contribution is 5.45. The minimum atomic E-state index is 0.310. The Morgan fingerprint density at radius 2 is 1.94 bits per heavy atom. The van der Waals surface area contributed by atoms with Gasteiger partial charge >= 0.3 is 0 Å². The van der Waals surface area contributed by atoms with E-state index < -0.39 is 0 Å². The van der Waals surface area contributed by atoms with Crippen molar-refractivity contribution in [2.45, 2.75) is 56.9 Å². The normalized spacial score (nSPS) is 28.1. The molecule has 0 bridgehead atoms. The van der Waals surface area contributed by atoms with E-state index in [0.717, 1.165) is 31.6 Å². The van der Waals surface area contributed by atoms with Crippen LogP contribution < -0.4 is 10.5 Å². The molecule has 2 unspecified atom stereocenters. The van der Waals surface area contributed by atoms with Gasteiger partial charge in [-0.15, -0.1) is 0 Å². The van der Waals surface area contributed by atoms with Crippen LogP contribution in [-0.4, -0.2) is 12.6 Å². The summed E-state index contributed by atoms with van der Waals surface area (Å²) in [5.41, 5.74) is 9.15. The maximum Gasteiger partial charge on any atom is 0.126 e. The third kappa shape index (κ3) is 2.26. The van der Waals surface area contributed by atoms with Gasteiger partial charge in [-0.1, -0.05) is 37.5 Å². The summed E-state index contributed by atoms with van der Waals surface area (Å²) in [6.07, 6.45) is 8.61. The Balaban J connectivity index is 1.94. The first-order valence-electron chi connectivity index (χ1n) is 7.36. The average Bonchev–Trinajstić information content (AvgIpc) is 2.63. The van der Waals surface area contributed by atoms with Crippen LogP contribution in [0.25, 0.3) is 0 Å². The first-order chi connectivity index (χ1) is 8.86. The summed E-state index contributed by atoms with van der Waals surface area (Å²) in [5.74, 6) is 1.66. The maximum absolute atomic E-state index is 6.39. The predicted molar refractivity (Wildman–Crippen MR) is 74.1 cm³/mol. The van der Waals surface area contributed by atoms with Gasteiger partial charge in [0.05, 0.1) is 6.61 Å². The molecule has 1 aromatic carbocycles. The molecule has 98 valence electrons. The van der Waals surface area contributed by atoms with Gasteiger partial charge in [-0.25, -0.2) is 0 Å². The lowest BCUT2D eigenvalue weighted by Crippen LogP contribution is -2.28. The number of hydrogen-bond acceptors (Lipinski definition) is 2. The van der Waals surface area contributed by atoms with Crippen LogP contribution in [0.3, 0.4) is 0 Å². The molecule has 2 heteroatoms. The third-order valence-electron chi connectivity index (χ3n) is 4.43. The molecule has 2 aliphatic rings. The van der Waals surface area contributed by atoms with Gasteiger partial charge in [0.15, 0.2) is 0 Å². The summed E-state index contributed by atoms with van der Waals surface area (Å²) in [4.78, 5) is 0. The number of ether oxygens (including phenoxy) is 1. The Labute approximate surface area is 110 Å². The summed E-state index contributed by atoms with van der Waals surface area (Å²) >= 11 is 0. The summed E-state index contributed by atoms with van der Waals surface area (Å²) in [5, 5.41) is 0. The molecule has 0 saturated heterocycles. The highest BCUT2D eigenvalue weighted by Crippen LogP contribution is 2.39. The fourth-order valence-corrected chi connectivity index (χ4v) is 3.43. The minimum Gasteiger partial charge on any atom is -0.493 e. The fraction of sp³-hybridized carbons (Fsp3) is 0.625. The van der Waals surface area contributed by atoms with Gasteiger partial charge in [0.25, 0.3) is 0 Å². The second-order valence-corrected chi connectivity index (χ2v) is 5.70. The monoisotopic (exact) mass is 245 g/mol. The summed E-state index contributed by atoms with van der Waals surface area (Å²) in [7, 11) is 0. The average molecular weight is 245 g/mol. The van der Waals surface area contributed by atoms with E-state index in [1.54, 1.807) is 0 Å². The molecule has 0 radical (unpaired) electrons. The number of rotatable bonds is 1. The highest BCUT2D eigenvalue weighted by Gasteiger charge is 2.26. The quantitative estimate of drug-likeness (QED) is 0.770. The van der Waals surface area contributed by atoms with Crippen molar-refractivity contribution < 1.29 is 4.74 Å². The molecule has 0 spiro atoms. The van der Waals surface area contributed by atoms with E-state index in [4.69, 9.17) is 10.5 Å². The first kappa shape index (κ1) is 12.0. The molecular formula is C16H23NO.